The summed E-state index contributed by atoms with van der Waals surface area (Å²) >= 11 is 6.05. The molecular formula is C20H18ClN3O4. The van der Waals surface area contributed by atoms with Crippen LogP contribution in [0.25, 0.3) is 10.9 Å². The van der Waals surface area contributed by atoms with Crippen LogP contribution in [0.15, 0.2) is 48.7 Å². The minimum absolute atomic E-state index is 0.346. The number of nitrogens with zero attached hydrogens (tertiary/aromatic N) is 1. The number of carbonyl (C=O) groups is 2. The highest BCUT2D eigenvalue weighted by molar-refractivity contribution is 6.32. The molecule has 0 aliphatic carbocycles. The van der Waals surface area contributed by atoms with Crippen LogP contribution in [0.1, 0.15) is 6.42 Å². The second-order valence-electron chi connectivity index (χ2n) is 5.84. The number of amides is 2. The van der Waals surface area contributed by atoms with E-state index in [0.717, 1.165) is 5.39 Å². The summed E-state index contributed by atoms with van der Waals surface area (Å²) in [5.74, 6) is -0.231. The van der Waals surface area contributed by atoms with Crippen molar-refractivity contribution in [2.24, 2.45) is 0 Å². The maximum absolute atomic E-state index is 12.3. The molecule has 0 radical (unpaired) electrons. The third-order valence-corrected chi connectivity index (χ3v) is 4.27. The van der Waals surface area contributed by atoms with Gasteiger partial charge in [0.05, 0.1) is 36.1 Å². The molecule has 0 spiro atoms. The molecule has 0 atom stereocenters. The fraction of sp³-hybridized carbons (Fsp3) is 0.150. The molecule has 2 amide bonds. The Morgan fingerprint density at radius 2 is 1.64 bits per heavy atom. The van der Waals surface area contributed by atoms with Gasteiger partial charge < -0.3 is 20.1 Å². The molecule has 0 saturated heterocycles. The maximum Gasteiger partial charge on any atom is 0.233 e. The Bertz CT molecular complexity index is 1030. The van der Waals surface area contributed by atoms with Crippen LogP contribution in [0, 0.1) is 0 Å². The summed E-state index contributed by atoms with van der Waals surface area (Å²) in [5.41, 5.74) is 1.55. The molecule has 0 aliphatic heterocycles. The van der Waals surface area contributed by atoms with Crippen LogP contribution < -0.4 is 20.1 Å². The lowest BCUT2D eigenvalue weighted by atomic mass is 10.2. The molecular weight excluding hydrogens is 382 g/mol. The fourth-order valence-electron chi connectivity index (χ4n) is 2.70. The van der Waals surface area contributed by atoms with E-state index >= 15 is 0 Å². The topological polar surface area (TPSA) is 89.5 Å². The van der Waals surface area contributed by atoms with Gasteiger partial charge in [0, 0.05) is 23.7 Å². The summed E-state index contributed by atoms with van der Waals surface area (Å²) in [6, 6.07) is 12.2. The molecule has 0 saturated carbocycles. The Kier molecular flexibility index (Phi) is 5.96. The third-order valence-electron chi connectivity index (χ3n) is 3.98. The Morgan fingerprint density at radius 1 is 0.964 bits per heavy atom. The highest BCUT2D eigenvalue weighted by Crippen LogP contribution is 2.35. The molecule has 1 heterocycles. The first-order valence-electron chi connectivity index (χ1n) is 8.36. The van der Waals surface area contributed by atoms with Gasteiger partial charge >= 0.3 is 0 Å². The Hall–Kier alpha value is -3.32. The molecule has 0 aliphatic rings. The predicted molar refractivity (Wildman–Crippen MR) is 108 cm³/mol. The van der Waals surface area contributed by atoms with Crippen molar-refractivity contribution in [2.75, 3.05) is 24.9 Å². The van der Waals surface area contributed by atoms with Crippen molar-refractivity contribution in [1.82, 2.24) is 4.98 Å². The van der Waals surface area contributed by atoms with Crippen LogP contribution in [0.5, 0.6) is 11.5 Å². The molecule has 3 rings (SSSR count). The maximum atomic E-state index is 12.3. The van der Waals surface area contributed by atoms with E-state index in [-0.39, 0.29) is 6.42 Å². The lowest BCUT2D eigenvalue weighted by Gasteiger charge is -2.13. The lowest BCUT2D eigenvalue weighted by molar-refractivity contribution is -0.123. The van der Waals surface area contributed by atoms with E-state index in [1.807, 2.05) is 24.3 Å². The van der Waals surface area contributed by atoms with Crippen LogP contribution in [0.2, 0.25) is 5.02 Å². The minimum atomic E-state index is -0.506. The summed E-state index contributed by atoms with van der Waals surface area (Å²) in [7, 11) is 2.92. The first-order valence-corrected chi connectivity index (χ1v) is 8.74. The fourth-order valence-corrected chi connectivity index (χ4v) is 2.93. The number of hydrogen-bond acceptors (Lipinski definition) is 5. The Morgan fingerprint density at radius 3 is 2.36 bits per heavy atom. The van der Waals surface area contributed by atoms with Crippen LogP contribution >= 0.6 is 11.6 Å². The van der Waals surface area contributed by atoms with Crippen molar-refractivity contribution in [2.45, 2.75) is 6.42 Å². The molecule has 3 aromatic rings. The molecule has 144 valence electrons. The van der Waals surface area contributed by atoms with Crippen molar-refractivity contribution < 1.29 is 19.1 Å². The smallest absolute Gasteiger partial charge is 0.233 e. The predicted octanol–water partition coefficient (Wildman–Crippen LogP) is 3.87. The molecule has 1 aromatic heterocycles. The number of aromatic nitrogens is 1. The number of hydrogen-bond donors (Lipinski definition) is 2. The summed E-state index contributed by atoms with van der Waals surface area (Å²) in [5, 5.41) is 6.60. The number of para-hydroxylation sites is 1. The molecule has 7 nitrogen and oxygen atoms in total. The van der Waals surface area contributed by atoms with E-state index in [9.17, 15) is 9.59 Å². The van der Waals surface area contributed by atoms with E-state index in [2.05, 4.69) is 15.6 Å². The number of nitrogens with one attached hydrogen (secondary N) is 2. The number of methoxy groups -OCH3 is 2. The number of fused-ring (bicyclic) bond motifs is 1. The van der Waals surface area contributed by atoms with Crippen molar-refractivity contribution in [3.8, 4) is 11.5 Å². The van der Waals surface area contributed by atoms with Gasteiger partial charge in [0.2, 0.25) is 11.8 Å². The zero-order valence-corrected chi connectivity index (χ0v) is 16.0. The highest BCUT2D eigenvalue weighted by atomic mass is 35.5. The van der Waals surface area contributed by atoms with Gasteiger partial charge in [0.1, 0.15) is 17.9 Å². The van der Waals surface area contributed by atoms with Crippen LogP contribution in [-0.4, -0.2) is 31.0 Å². The summed E-state index contributed by atoms with van der Waals surface area (Å²) in [6.45, 7) is 0. The van der Waals surface area contributed by atoms with Gasteiger partial charge in [0.25, 0.3) is 0 Å². The van der Waals surface area contributed by atoms with Gasteiger partial charge in [-0.1, -0.05) is 29.8 Å². The van der Waals surface area contributed by atoms with Crippen molar-refractivity contribution in [3.63, 3.8) is 0 Å². The average molecular weight is 400 g/mol. The standard InChI is InChI=1S/C20H18ClN3O4/c1-27-16-10-15(17(28-2)9-13(16)21)24-19(26)11-18(25)23-14-7-3-5-12-6-4-8-22-20(12)14/h3-10H,11H2,1-2H3,(H,23,25)(H,24,26). The van der Waals surface area contributed by atoms with Crippen LogP contribution in [0.4, 0.5) is 11.4 Å². The number of ether oxygens (including phenoxy) is 2. The SMILES string of the molecule is COc1cc(NC(=O)CC(=O)Nc2cccc3cccnc23)c(OC)cc1Cl. The van der Waals surface area contributed by atoms with Gasteiger partial charge in [-0.25, -0.2) is 0 Å². The quantitative estimate of drug-likeness (QED) is 0.614. The number of rotatable bonds is 6. The monoisotopic (exact) mass is 399 g/mol. The molecule has 28 heavy (non-hydrogen) atoms. The molecule has 0 fully saturated rings. The Balaban J connectivity index is 1.70. The summed E-state index contributed by atoms with van der Waals surface area (Å²) < 4.78 is 10.4. The van der Waals surface area contributed by atoms with Crippen molar-refractivity contribution >= 4 is 45.7 Å². The van der Waals surface area contributed by atoms with Crippen molar-refractivity contribution in [1.29, 1.82) is 0 Å². The van der Waals surface area contributed by atoms with Gasteiger partial charge in [-0.05, 0) is 12.1 Å². The molecule has 2 aromatic carbocycles. The van der Waals surface area contributed by atoms with Gasteiger partial charge in [-0.2, -0.15) is 0 Å². The molecule has 2 N–H and O–H groups in total. The number of benzene rings is 2. The average Bonchev–Trinajstić information content (AvgIpc) is 2.69. The normalized spacial score (nSPS) is 10.4. The first-order chi connectivity index (χ1) is 13.5. The van der Waals surface area contributed by atoms with E-state index in [4.69, 9.17) is 21.1 Å². The number of anilines is 2. The van der Waals surface area contributed by atoms with E-state index in [1.54, 1.807) is 12.3 Å². The molecule has 8 heteroatoms. The van der Waals surface area contributed by atoms with E-state index < -0.39 is 11.8 Å². The summed E-state index contributed by atoms with van der Waals surface area (Å²) in [4.78, 5) is 28.9. The van der Waals surface area contributed by atoms with Gasteiger partial charge in [0.15, 0.2) is 0 Å². The highest BCUT2D eigenvalue weighted by Gasteiger charge is 2.16. The van der Waals surface area contributed by atoms with E-state index in [1.165, 1.54) is 26.4 Å². The van der Waals surface area contributed by atoms with Crippen molar-refractivity contribution in [3.05, 3.63) is 53.7 Å². The number of halogens is 1. The van der Waals surface area contributed by atoms with Crippen LogP contribution in [0.3, 0.4) is 0 Å². The zero-order valence-electron chi connectivity index (χ0n) is 15.3. The second kappa shape index (κ2) is 8.58. The third kappa shape index (κ3) is 4.32. The molecule has 0 bridgehead atoms. The second-order valence-corrected chi connectivity index (χ2v) is 6.25. The summed E-state index contributed by atoms with van der Waals surface area (Å²) in [6.07, 6.45) is 1.27. The number of pyridine rings is 1. The first kappa shape index (κ1) is 19.4. The number of carbonyl (C=O) groups excluding carboxylic acids is 2. The Labute approximate surface area is 166 Å². The largest absolute Gasteiger partial charge is 0.495 e. The van der Waals surface area contributed by atoms with Crippen LogP contribution in [-0.2, 0) is 9.59 Å². The zero-order chi connectivity index (χ0) is 20.1. The minimum Gasteiger partial charge on any atom is -0.495 e. The van der Waals surface area contributed by atoms with E-state index in [0.29, 0.717) is 33.4 Å². The van der Waals surface area contributed by atoms with Gasteiger partial charge in [-0.3, -0.25) is 14.6 Å². The lowest BCUT2D eigenvalue weighted by Crippen LogP contribution is -2.22. The molecule has 0 unspecified atom stereocenters. The van der Waals surface area contributed by atoms with Gasteiger partial charge in [-0.15, -0.1) is 0 Å².